The van der Waals surface area contributed by atoms with Gasteiger partial charge in [-0.05, 0) is 78.4 Å². The molecule has 156 valence electrons. The molecule has 1 aromatic heterocycles. The first-order valence-corrected chi connectivity index (χ1v) is 10.9. The van der Waals surface area contributed by atoms with E-state index in [4.69, 9.17) is 21.7 Å². The molecule has 0 bridgehead atoms. The molecule has 1 heterocycles. The number of aromatic nitrogens is 1. The number of nitrogens with zero attached hydrogens (tertiary/aromatic N) is 1. The van der Waals surface area contributed by atoms with Crippen molar-refractivity contribution in [1.82, 2.24) is 10.3 Å². The van der Waals surface area contributed by atoms with Gasteiger partial charge < -0.3 is 14.8 Å². The lowest BCUT2D eigenvalue weighted by Crippen LogP contribution is -2.34. The SMILES string of the molecule is COc1ccc(C(=O)NC(=S)Nc2nc3ccc(C(=O)OC(C)C)cc3s2)cc1Br. The van der Waals surface area contributed by atoms with Gasteiger partial charge in [-0.2, -0.15) is 0 Å². The van der Waals surface area contributed by atoms with E-state index < -0.39 is 0 Å². The number of hydrogen-bond acceptors (Lipinski definition) is 7. The van der Waals surface area contributed by atoms with Crippen molar-refractivity contribution in [2.45, 2.75) is 20.0 Å². The van der Waals surface area contributed by atoms with Crippen molar-refractivity contribution in [2.24, 2.45) is 0 Å². The average molecular weight is 508 g/mol. The van der Waals surface area contributed by atoms with Crippen LogP contribution in [-0.4, -0.2) is 35.2 Å². The van der Waals surface area contributed by atoms with Crippen molar-refractivity contribution >= 4 is 71.8 Å². The highest BCUT2D eigenvalue weighted by molar-refractivity contribution is 9.10. The fourth-order valence-electron chi connectivity index (χ4n) is 2.50. The lowest BCUT2D eigenvalue weighted by Gasteiger charge is -2.09. The number of ether oxygens (including phenoxy) is 2. The Balaban J connectivity index is 1.68. The van der Waals surface area contributed by atoms with Gasteiger partial charge >= 0.3 is 5.97 Å². The summed E-state index contributed by atoms with van der Waals surface area (Å²) in [5.74, 6) is -0.128. The van der Waals surface area contributed by atoms with E-state index in [1.807, 2.05) is 0 Å². The molecule has 0 aliphatic heterocycles. The average Bonchev–Trinajstić information content (AvgIpc) is 3.08. The second-order valence-electron chi connectivity index (χ2n) is 6.41. The number of nitrogens with one attached hydrogen (secondary N) is 2. The number of carbonyl (C=O) groups is 2. The maximum absolute atomic E-state index is 12.4. The number of carbonyl (C=O) groups excluding carboxylic acids is 2. The molecule has 0 aliphatic carbocycles. The van der Waals surface area contributed by atoms with Crippen molar-refractivity contribution in [3.63, 3.8) is 0 Å². The van der Waals surface area contributed by atoms with Crippen LogP contribution in [0.1, 0.15) is 34.6 Å². The summed E-state index contributed by atoms with van der Waals surface area (Å²) in [5.41, 5.74) is 1.58. The summed E-state index contributed by atoms with van der Waals surface area (Å²) >= 11 is 9.89. The minimum Gasteiger partial charge on any atom is -0.496 e. The lowest BCUT2D eigenvalue weighted by atomic mass is 10.2. The highest BCUT2D eigenvalue weighted by atomic mass is 79.9. The van der Waals surface area contributed by atoms with Gasteiger partial charge in [-0.3, -0.25) is 10.1 Å². The van der Waals surface area contributed by atoms with E-state index in [-0.39, 0.29) is 23.1 Å². The van der Waals surface area contributed by atoms with Crippen molar-refractivity contribution in [2.75, 3.05) is 12.4 Å². The van der Waals surface area contributed by atoms with Crippen LogP contribution in [0.2, 0.25) is 0 Å². The standard InChI is InChI=1S/C20H18BrN3O4S2/c1-10(2)28-18(26)12-4-6-14-16(9-12)30-20(22-14)24-19(29)23-17(25)11-5-7-15(27-3)13(21)8-11/h4-10H,1-3H3,(H2,22,23,24,25,29). The predicted molar refractivity (Wildman–Crippen MR) is 125 cm³/mol. The molecule has 0 aliphatic rings. The zero-order chi connectivity index (χ0) is 21.8. The minimum atomic E-state index is -0.386. The molecule has 1 amide bonds. The summed E-state index contributed by atoms with van der Waals surface area (Å²) in [7, 11) is 1.55. The minimum absolute atomic E-state index is 0.116. The van der Waals surface area contributed by atoms with E-state index in [1.165, 1.54) is 11.3 Å². The van der Waals surface area contributed by atoms with Gasteiger partial charge in [-0.25, -0.2) is 9.78 Å². The number of thiazole rings is 1. The summed E-state index contributed by atoms with van der Waals surface area (Å²) in [6.07, 6.45) is -0.195. The first kappa shape index (κ1) is 22.1. The van der Waals surface area contributed by atoms with E-state index in [1.54, 1.807) is 57.4 Å². The third-order valence-corrected chi connectivity index (χ3v) is 5.59. The maximum atomic E-state index is 12.4. The van der Waals surface area contributed by atoms with E-state index in [0.717, 1.165) is 4.70 Å². The zero-order valence-electron chi connectivity index (χ0n) is 16.3. The molecule has 2 aromatic carbocycles. The van der Waals surface area contributed by atoms with Crippen LogP contribution in [-0.2, 0) is 4.74 Å². The van der Waals surface area contributed by atoms with Gasteiger partial charge in [-0.1, -0.05) is 11.3 Å². The Labute approximate surface area is 190 Å². The number of fused-ring (bicyclic) bond motifs is 1. The molecule has 0 unspecified atom stereocenters. The van der Waals surface area contributed by atoms with Crippen LogP contribution in [0.4, 0.5) is 5.13 Å². The Morgan fingerprint density at radius 2 is 1.90 bits per heavy atom. The Bertz CT molecular complexity index is 1130. The summed E-state index contributed by atoms with van der Waals surface area (Å²) in [4.78, 5) is 28.9. The summed E-state index contributed by atoms with van der Waals surface area (Å²) in [6, 6.07) is 10.1. The molecule has 0 spiro atoms. The molecular formula is C20H18BrN3O4S2. The molecule has 0 radical (unpaired) electrons. The second kappa shape index (κ2) is 9.50. The predicted octanol–water partition coefficient (Wildman–Crippen LogP) is 4.76. The second-order valence-corrected chi connectivity index (χ2v) is 8.71. The van der Waals surface area contributed by atoms with E-state index >= 15 is 0 Å². The molecular weight excluding hydrogens is 490 g/mol. The Kier molecular flexibility index (Phi) is 7.01. The van der Waals surface area contributed by atoms with Gasteiger partial charge in [0.15, 0.2) is 10.2 Å². The van der Waals surface area contributed by atoms with Gasteiger partial charge in [0.2, 0.25) is 0 Å². The van der Waals surface area contributed by atoms with E-state index in [9.17, 15) is 9.59 Å². The smallest absolute Gasteiger partial charge is 0.338 e. The molecule has 0 atom stereocenters. The van der Waals surface area contributed by atoms with Crippen LogP contribution in [0.5, 0.6) is 5.75 Å². The van der Waals surface area contributed by atoms with Crippen molar-refractivity contribution < 1.29 is 19.1 Å². The quantitative estimate of drug-likeness (QED) is 0.380. The van der Waals surface area contributed by atoms with E-state index in [0.29, 0.717) is 32.0 Å². The number of thiocarbonyl (C=S) groups is 1. The van der Waals surface area contributed by atoms with Crippen molar-refractivity contribution in [1.29, 1.82) is 0 Å². The number of hydrogen-bond donors (Lipinski definition) is 2. The van der Waals surface area contributed by atoms with Crippen molar-refractivity contribution in [3.8, 4) is 5.75 Å². The third-order valence-electron chi connectivity index (χ3n) is 3.83. The van der Waals surface area contributed by atoms with Gasteiger partial charge in [0.05, 0.1) is 33.5 Å². The summed E-state index contributed by atoms with van der Waals surface area (Å²) in [6.45, 7) is 3.59. The van der Waals surface area contributed by atoms with Crippen LogP contribution in [0, 0.1) is 0 Å². The third kappa shape index (κ3) is 5.32. The van der Waals surface area contributed by atoms with Crippen LogP contribution in [0.3, 0.4) is 0 Å². The lowest BCUT2D eigenvalue weighted by molar-refractivity contribution is 0.0378. The van der Waals surface area contributed by atoms with Crippen LogP contribution < -0.4 is 15.4 Å². The highest BCUT2D eigenvalue weighted by Crippen LogP contribution is 2.28. The van der Waals surface area contributed by atoms with Crippen molar-refractivity contribution in [3.05, 3.63) is 52.0 Å². The summed E-state index contributed by atoms with van der Waals surface area (Å²) < 4.78 is 11.8. The molecule has 7 nitrogen and oxygen atoms in total. The molecule has 3 rings (SSSR count). The maximum Gasteiger partial charge on any atom is 0.338 e. The Hall–Kier alpha value is -2.56. The Morgan fingerprint density at radius 3 is 2.57 bits per heavy atom. The topological polar surface area (TPSA) is 89.5 Å². The molecule has 0 saturated carbocycles. The normalized spacial score (nSPS) is 10.7. The number of rotatable bonds is 5. The van der Waals surface area contributed by atoms with Crippen LogP contribution in [0.25, 0.3) is 10.2 Å². The molecule has 2 N–H and O–H groups in total. The molecule has 30 heavy (non-hydrogen) atoms. The Morgan fingerprint density at radius 1 is 1.17 bits per heavy atom. The fourth-order valence-corrected chi connectivity index (χ4v) is 4.20. The van der Waals surface area contributed by atoms with Gasteiger partial charge in [0.1, 0.15) is 5.75 Å². The number of benzene rings is 2. The fraction of sp³-hybridized carbons (Fsp3) is 0.200. The van der Waals surface area contributed by atoms with Gasteiger partial charge in [0, 0.05) is 5.56 Å². The van der Waals surface area contributed by atoms with Gasteiger partial charge in [0.25, 0.3) is 5.91 Å². The summed E-state index contributed by atoms with van der Waals surface area (Å²) in [5, 5.41) is 6.14. The number of amides is 1. The number of esters is 1. The van der Waals surface area contributed by atoms with E-state index in [2.05, 4.69) is 31.5 Å². The highest BCUT2D eigenvalue weighted by Gasteiger charge is 2.14. The van der Waals surface area contributed by atoms with Gasteiger partial charge in [-0.15, -0.1) is 0 Å². The zero-order valence-corrected chi connectivity index (χ0v) is 19.5. The molecule has 0 saturated heterocycles. The largest absolute Gasteiger partial charge is 0.496 e. The molecule has 0 fully saturated rings. The first-order valence-electron chi connectivity index (χ1n) is 8.84. The molecule has 3 aromatic rings. The number of anilines is 1. The number of methoxy groups -OCH3 is 1. The van der Waals surface area contributed by atoms with Crippen LogP contribution in [0.15, 0.2) is 40.9 Å². The molecule has 10 heteroatoms. The first-order chi connectivity index (χ1) is 14.3. The van der Waals surface area contributed by atoms with Crippen LogP contribution >= 0.6 is 39.5 Å². The number of halogens is 1. The monoisotopic (exact) mass is 507 g/mol.